The summed E-state index contributed by atoms with van der Waals surface area (Å²) in [6, 6.07) is 79.2. The summed E-state index contributed by atoms with van der Waals surface area (Å²) in [6.45, 7) is 0. The Hall–Kier alpha value is -7.20. The minimum atomic E-state index is 1.10. The number of anilines is 3. The molecule has 2 heterocycles. The van der Waals surface area contributed by atoms with Crippen molar-refractivity contribution in [2.24, 2.45) is 0 Å². The first-order valence-corrected chi connectivity index (χ1v) is 20.2. The highest BCUT2D eigenvalue weighted by Gasteiger charge is 2.23. The fourth-order valence-electron chi connectivity index (χ4n) is 8.48. The van der Waals surface area contributed by atoms with Crippen LogP contribution in [0, 0.1) is 0 Å². The number of fused-ring (bicyclic) bond motifs is 6. The number of hydrogen-bond donors (Lipinski definition) is 0. The van der Waals surface area contributed by atoms with Gasteiger partial charge < -0.3 is 9.47 Å². The Labute approximate surface area is 335 Å². The predicted octanol–water partition coefficient (Wildman–Crippen LogP) is 15.6. The third-order valence-electron chi connectivity index (χ3n) is 11.2. The van der Waals surface area contributed by atoms with Crippen molar-refractivity contribution in [3.63, 3.8) is 0 Å². The smallest absolute Gasteiger partial charge is 0.0727 e. The second kappa shape index (κ2) is 13.8. The van der Waals surface area contributed by atoms with Crippen LogP contribution in [0.15, 0.2) is 218 Å². The maximum absolute atomic E-state index is 2.44. The standard InChI is InChI=1S/C54H36N2S/c1-3-14-37(15-4-1)39-28-32-44(33-29-39)55(45-34-30-40(31-35-45)42-27-26-38-16-7-8-17-41(38)36-42)50-24-11-9-20-46(50)47-22-13-23-49-52-54(57-53(47)49)48-21-10-12-25-51(48)56(52)43-18-5-2-6-19-43/h1-36H. The number of thiophene rings is 1. The molecule has 0 N–H and O–H groups in total. The molecule has 2 nitrogen and oxygen atoms in total. The summed E-state index contributed by atoms with van der Waals surface area (Å²) in [5.74, 6) is 0. The number of hydrogen-bond acceptors (Lipinski definition) is 2. The van der Waals surface area contributed by atoms with Crippen LogP contribution in [0.25, 0.3) is 81.0 Å². The van der Waals surface area contributed by atoms with Gasteiger partial charge in [-0.3, -0.25) is 0 Å². The van der Waals surface area contributed by atoms with E-state index in [0.29, 0.717) is 0 Å². The molecule has 11 rings (SSSR count). The molecule has 2 aromatic heterocycles. The van der Waals surface area contributed by atoms with Crippen LogP contribution in [-0.4, -0.2) is 4.57 Å². The normalized spacial score (nSPS) is 11.5. The van der Waals surface area contributed by atoms with Gasteiger partial charge in [-0.25, -0.2) is 0 Å². The Morgan fingerprint density at radius 1 is 0.368 bits per heavy atom. The van der Waals surface area contributed by atoms with Crippen LogP contribution in [0.1, 0.15) is 0 Å². The van der Waals surface area contributed by atoms with Gasteiger partial charge in [0.1, 0.15) is 0 Å². The molecule has 11 aromatic rings. The minimum Gasteiger partial charge on any atom is -0.310 e. The Balaban J connectivity index is 1.09. The highest BCUT2D eigenvalue weighted by atomic mass is 32.1. The highest BCUT2D eigenvalue weighted by Crippen LogP contribution is 2.48. The lowest BCUT2D eigenvalue weighted by Crippen LogP contribution is -2.11. The highest BCUT2D eigenvalue weighted by molar-refractivity contribution is 7.27. The van der Waals surface area contributed by atoms with E-state index in [2.05, 4.69) is 228 Å². The number of benzene rings is 9. The molecule has 0 amide bonds. The monoisotopic (exact) mass is 744 g/mol. The van der Waals surface area contributed by atoms with E-state index in [-0.39, 0.29) is 0 Å². The van der Waals surface area contributed by atoms with Crippen LogP contribution in [0.2, 0.25) is 0 Å². The fourth-order valence-corrected chi connectivity index (χ4v) is 9.83. The maximum atomic E-state index is 2.44. The molecule has 0 aliphatic carbocycles. The van der Waals surface area contributed by atoms with Crippen LogP contribution in [0.4, 0.5) is 17.1 Å². The van der Waals surface area contributed by atoms with Gasteiger partial charge >= 0.3 is 0 Å². The van der Waals surface area contributed by atoms with Gasteiger partial charge in [0.2, 0.25) is 0 Å². The molecule has 0 saturated carbocycles. The lowest BCUT2D eigenvalue weighted by molar-refractivity contribution is 1.19. The van der Waals surface area contributed by atoms with Crippen molar-refractivity contribution in [2.75, 3.05) is 4.90 Å². The summed E-state index contributed by atoms with van der Waals surface area (Å²) in [5, 5.41) is 5.05. The number of nitrogens with zero attached hydrogens (tertiary/aromatic N) is 2. The van der Waals surface area contributed by atoms with Crippen molar-refractivity contribution in [1.82, 2.24) is 4.57 Å². The molecule has 0 fully saturated rings. The lowest BCUT2D eigenvalue weighted by Gasteiger charge is -2.28. The van der Waals surface area contributed by atoms with Crippen molar-refractivity contribution in [3.05, 3.63) is 218 Å². The second-order valence-electron chi connectivity index (χ2n) is 14.5. The first-order chi connectivity index (χ1) is 28.3. The first-order valence-electron chi connectivity index (χ1n) is 19.4. The van der Waals surface area contributed by atoms with Crippen molar-refractivity contribution in [3.8, 4) is 39.1 Å². The van der Waals surface area contributed by atoms with Crippen molar-refractivity contribution in [1.29, 1.82) is 0 Å². The molecular weight excluding hydrogens is 709 g/mol. The summed E-state index contributed by atoms with van der Waals surface area (Å²) in [5.41, 5.74) is 14.2. The summed E-state index contributed by atoms with van der Waals surface area (Å²) < 4.78 is 5.04. The Morgan fingerprint density at radius 3 is 1.70 bits per heavy atom. The summed E-state index contributed by atoms with van der Waals surface area (Å²) in [6.07, 6.45) is 0. The van der Waals surface area contributed by atoms with Crippen LogP contribution in [-0.2, 0) is 0 Å². The molecule has 0 atom stereocenters. The van der Waals surface area contributed by atoms with E-state index < -0.39 is 0 Å². The Kier molecular flexibility index (Phi) is 8.04. The van der Waals surface area contributed by atoms with E-state index in [1.54, 1.807) is 0 Å². The second-order valence-corrected chi connectivity index (χ2v) is 15.5. The van der Waals surface area contributed by atoms with Crippen molar-refractivity contribution in [2.45, 2.75) is 0 Å². The van der Waals surface area contributed by atoms with Crippen molar-refractivity contribution < 1.29 is 0 Å². The maximum Gasteiger partial charge on any atom is 0.0727 e. The molecule has 268 valence electrons. The third kappa shape index (κ3) is 5.71. The molecule has 9 aromatic carbocycles. The number of rotatable bonds is 7. The van der Waals surface area contributed by atoms with Gasteiger partial charge in [-0.2, -0.15) is 0 Å². The quantitative estimate of drug-likeness (QED) is 0.158. The summed E-state index contributed by atoms with van der Waals surface area (Å²) in [4.78, 5) is 2.42. The SMILES string of the molecule is c1ccc(-c2ccc(N(c3ccc(-c4ccc5ccccc5c4)cc3)c3ccccc3-c3cccc4c3sc3c5ccccc5n(-c5ccccc5)c43)cc2)cc1. The zero-order valence-corrected chi connectivity index (χ0v) is 31.9. The number of para-hydroxylation sites is 3. The lowest BCUT2D eigenvalue weighted by atomic mass is 9.99. The van der Waals surface area contributed by atoms with Gasteiger partial charge in [-0.15, -0.1) is 11.3 Å². The third-order valence-corrected chi connectivity index (χ3v) is 12.5. The zero-order valence-electron chi connectivity index (χ0n) is 31.1. The minimum absolute atomic E-state index is 1.10. The number of aromatic nitrogens is 1. The molecule has 0 aliphatic heterocycles. The van der Waals surface area contributed by atoms with E-state index >= 15 is 0 Å². The van der Waals surface area contributed by atoms with Gasteiger partial charge in [0.15, 0.2) is 0 Å². The molecule has 0 saturated heterocycles. The van der Waals surface area contributed by atoms with Gasteiger partial charge in [0, 0.05) is 43.7 Å². The Morgan fingerprint density at radius 2 is 0.930 bits per heavy atom. The van der Waals surface area contributed by atoms with Crippen LogP contribution < -0.4 is 4.90 Å². The van der Waals surface area contributed by atoms with E-state index in [1.807, 2.05) is 11.3 Å². The van der Waals surface area contributed by atoms with Crippen LogP contribution >= 0.6 is 11.3 Å². The van der Waals surface area contributed by atoms with Gasteiger partial charge in [-0.05, 0) is 87.6 Å². The average molecular weight is 745 g/mol. The Bertz CT molecular complexity index is 3210. The fraction of sp³-hybridized carbons (Fsp3) is 0. The molecular formula is C54H36N2S. The summed E-state index contributed by atoms with van der Waals surface area (Å²) >= 11 is 1.90. The van der Waals surface area contributed by atoms with Crippen LogP contribution in [0.3, 0.4) is 0 Å². The molecule has 0 radical (unpaired) electrons. The molecule has 0 spiro atoms. The zero-order chi connectivity index (χ0) is 37.7. The summed E-state index contributed by atoms with van der Waals surface area (Å²) in [7, 11) is 0. The largest absolute Gasteiger partial charge is 0.310 e. The molecule has 57 heavy (non-hydrogen) atoms. The molecule has 0 bridgehead atoms. The molecule has 0 aliphatic rings. The first kappa shape index (κ1) is 33.2. The van der Waals surface area contributed by atoms with E-state index in [9.17, 15) is 0 Å². The van der Waals surface area contributed by atoms with Gasteiger partial charge in [0.25, 0.3) is 0 Å². The topological polar surface area (TPSA) is 8.17 Å². The predicted molar refractivity (Wildman–Crippen MR) is 245 cm³/mol. The van der Waals surface area contributed by atoms with Crippen LogP contribution in [0.5, 0.6) is 0 Å². The average Bonchev–Trinajstić information content (AvgIpc) is 3.83. The van der Waals surface area contributed by atoms with Gasteiger partial charge in [-0.1, -0.05) is 164 Å². The van der Waals surface area contributed by atoms with E-state index in [0.717, 1.165) is 17.1 Å². The van der Waals surface area contributed by atoms with Crippen molar-refractivity contribution >= 4 is 70.4 Å². The molecule has 3 heteroatoms. The van der Waals surface area contributed by atoms with E-state index in [1.165, 1.54) is 81.0 Å². The van der Waals surface area contributed by atoms with E-state index in [4.69, 9.17) is 0 Å². The van der Waals surface area contributed by atoms with Gasteiger partial charge in [0.05, 0.1) is 21.4 Å². The molecule has 0 unspecified atom stereocenters.